The van der Waals surface area contributed by atoms with Crippen molar-refractivity contribution in [1.82, 2.24) is 4.98 Å². The van der Waals surface area contributed by atoms with Crippen LogP contribution in [0.25, 0.3) is 0 Å². The molecule has 0 spiro atoms. The van der Waals surface area contributed by atoms with Gasteiger partial charge in [-0.2, -0.15) is 11.8 Å². The van der Waals surface area contributed by atoms with E-state index in [2.05, 4.69) is 11.9 Å². The summed E-state index contributed by atoms with van der Waals surface area (Å²) in [5.74, 6) is 2.40. The molecule has 0 amide bonds. The zero-order chi connectivity index (χ0) is 10.0. The number of hydrogen-bond acceptors (Lipinski definition) is 4. The first-order valence-electron chi connectivity index (χ1n) is 4.73. The van der Waals surface area contributed by atoms with Crippen molar-refractivity contribution in [2.24, 2.45) is 0 Å². The number of carbonyl (C=O) groups is 1. The van der Waals surface area contributed by atoms with Crippen molar-refractivity contribution in [1.29, 1.82) is 0 Å². The van der Waals surface area contributed by atoms with Gasteiger partial charge in [-0.05, 0) is 18.6 Å². The second kappa shape index (κ2) is 4.03. The van der Waals surface area contributed by atoms with E-state index in [4.69, 9.17) is 0 Å². The maximum atomic E-state index is 10.5. The molecule has 1 aromatic heterocycles. The van der Waals surface area contributed by atoms with Crippen LogP contribution in [0.3, 0.4) is 0 Å². The Balaban J connectivity index is 2.23. The van der Waals surface area contributed by atoms with Crippen LogP contribution in [-0.2, 0) is 5.41 Å². The summed E-state index contributed by atoms with van der Waals surface area (Å²) in [6.45, 7) is 2.26. The number of hydrogen-bond donors (Lipinski definition) is 0. The van der Waals surface area contributed by atoms with Crippen LogP contribution in [0.4, 0.5) is 0 Å². The lowest BCUT2D eigenvalue weighted by atomic mass is 9.88. The molecule has 0 aliphatic carbocycles. The molecule has 14 heavy (non-hydrogen) atoms. The molecule has 0 N–H and O–H groups in total. The van der Waals surface area contributed by atoms with Gasteiger partial charge >= 0.3 is 0 Å². The van der Waals surface area contributed by atoms with E-state index in [-0.39, 0.29) is 5.41 Å². The van der Waals surface area contributed by atoms with Gasteiger partial charge in [0.25, 0.3) is 0 Å². The van der Waals surface area contributed by atoms with Gasteiger partial charge in [-0.25, -0.2) is 4.98 Å². The fourth-order valence-electron chi connectivity index (χ4n) is 1.72. The van der Waals surface area contributed by atoms with Crippen molar-refractivity contribution >= 4 is 29.4 Å². The van der Waals surface area contributed by atoms with Crippen molar-refractivity contribution in [2.75, 3.05) is 11.5 Å². The highest BCUT2D eigenvalue weighted by atomic mass is 32.2. The third-order valence-corrected chi connectivity index (χ3v) is 5.18. The molecular weight excluding hydrogens is 214 g/mol. The molecule has 1 aliphatic rings. The zero-order valence-corrected chi connectivity index (χ0v) is 9.79. The third-order valence-electron chi connectivity index (χ3n) is 2.60. The van der Waals surface area contributed by atoms with E-state index in [1.807, 2.05) is 17.1 Å². The molecule has 0 bridgehead atoms. The molecule has 0 aromatic carbocycles. The van der Waals surface area contributed by atoms with Crippen LogP contribution < -0.4 is 0 Å². The minimum absolute atomic E-state index is 0.203. The van der Waals surface area contributed by atoms with E-state index >= 15 is 0 Å². The highest BCUT2D eigenvalue weighted by Gasteiger charge is 2.31. The first-order chi connectivity index (χ1) is 6.74. The number of nitrogens with zero attached hydrogens (tertiary/aromatic N) is 1. The minimum Gasteiger partial charge on any atom is -0.296 e. The molecule has 1 aromatic rings. The van der Waals surface area contributed by atoms with Crippen LogP contribution in [0, 0.1) is 0 Å². The summed E-state index contributed by atoms with van der Waals surface area (Å²) in [5, 5.41) is 2.99. The predicted octanol–water partition coefficient (Wildman–Crippen LogP) is 2.74. The number of thiazole rings is 1. The van der Waals surface area contributed by atoms with Gasteiger partial charge in [-0.3, -0.25) is 4.79 Å². The molecule has 2 rings (SSSR count). The third kappa shape index (κ3) is 1.86. The SMILES string of the molecule is CC1(c2nc(C=O)cs2)CCCSC1. The largest absolute Gasteiger partial charge is 0.296 e. The van der Waals surface area contributed by atoms with Crippen molar-refractivity contribution in [3.63, 3.8) is 0 Å². The van der Waals surface area contributed by atoms with Crippen molar-refractivity contribution < 1.29 is 4.79 Å². The molecule has 76 valence electrons. The van der Waals surface area contributed by atoms with E-state index in [0.29, 0.717) is 5.69 Å². The van der Waals surface area contributed by atoms with Gasteiger partial charge in [0.2, 0.25) is 0 Å². The second-order valence-corrected chi connectivity index (χ2v) is 5.88. The number of aromatic nitrogens is 1. The highest BCUT2D eigenvalue weighted by Crippen LogP contribution is 2.38. The summed E-state index contributed by atoms with van der Waals surface area (Å²) >= 11 is 3.62. The van der Waals surface area contributed by atoms with Crippen LogP contribution in [-0.4, -0.2) is 22.8 Å². The van der Waals surface area contributed by atoms with Crippen LogP contribution in [0.15, 0.2) is 5.38 Å². The van der Waals surface area contributed by atoms with Crippen LogP contribution in [0.2, 0.25) is 0 Å². The first kappa shape index (κ1) is 10.2. The fourth-order valence-corrected chi connectivity index (χ4v) is 3.99. The molecule has 2 heterocycles. The molecule has 1 saturated heterocycles. The topological polar surface area (TPSA) is 30.0 Å². The van der Waals surface area contributed by atoms with Crippen molar-refractivity contribution in [3.05, 3.63) is 16.1 Å². The molecular formula is C10H13NOS2. The minimum atomic E-state index is 0.203. The van der Waals surface area contributed by atoms with Gasteiger partial charge in [-0.1, -0.05) is 6.92 Å². The number of aldehydes is 1. The Kier molecular flexibility index (Phi) is 2.93. The Labute approximate surface area is 92.1 Å². The van der Waals surface area contributed by atoms with Gasteiger partial charge in [0.15, 0.2) is 6.29 Å². The monoisotopic (exact) mass is 227 g/mol. The standard InChI is InChI=1S/C10H13NOS2/c1-10(3-2-4-13-7-10)9-11-8(5-12)6-14-9/h5-6H,2-4,7H2,1H3. The lowest BCUT2D eigenvalue weighted by molar-refractivity contribution is 0.111. The van der Waals surface area contributed by atoms with Crippen LogP contribution >= 0.6 is 23.1 Å². The Hall–Kier alpha value is -0.350. The molecule has 4 heteroatoms. The second-order valence-electron chi connectivity index (χ2n) is 3.91. The van der Waals surface area contributed by atoms with Gasteiger partial charge in [0, 0.05) is 16.5 Å². The summed E-state index contributed by atoms with van der Waals surface area (Å²) in [6, 6.07) is 0. The van der Waals surface area contributed by atoms with Gasteiger partial charge in [0.05, 0.1) is 0 Å². The van der Waals surface area contributed by atoms with Gasteiger partial charge < -0.3 is 0 Å². The Morgan fingerprint density at radius 1 is 1.64 bits per heavy atom. The molecule has 2 nitrogen and oxygen atoms in total. The van der Waals surface area contributed by atoms with Crippen LogP contribution in [0.1, 0.15) is 35.3 Å². The average Bonchev–Trinajstić information content (AvgIpc) is 2.67. The summed E-state index contributed by atoms with van der Waals surface area (Å²) in [6.07, 6.45) is 3.29. The number of carbonyl (C=O) groups excluding carboxylic acids is 1. The fraction of sp³-hybridized carbons (Fsp3) is 0.600. The molecule has 1 atom stereocenters. The highest BCUT2D eigenvalue weighted by molar-refractivity contribution is 7.99. The molecule has 0 saturated carbocycles. The predicted molar refractivity (Wildman–Crippen MR) is 61.4 cm³/mol. The Morgan fingerprint density at radius 2 is 2.50 bits per heavy atom. The molecule has 1 fully saturated rings. The molecule has 1 aliphatic heterocycles. The van der Waals surface area contributed by atoms with Gasteiger partial charge in [-0.15, -0.1) is 11.3 Å². The Morgan fingerprint density at radius 3 is 3.07 bits per heavy atom. The summed E-state index contributed by atoms with van der Waals surface area (Å²) in [5.41, 5.74) is 0.788. The molecule has 1 unspecified atom stereocenters. The summed E-state index contributed by atoms with van der Waals surface area (Å²) in [4.78, 5) is 14.9. The lowest BCUT2D eigenvalue weighted by Gasteiger charge is -2.30. The van der Waals surface area contributed by atoms with Crippen LogP contribution in [0.5, 0.6) is 0 Å². The number of rotatable bonds is 2. The normalized spacial score (nSPS) is 27.5. The van der Waals surface area contributed by atoms with E-state index in [0.717, 1.165) is 17.0 Å². The summed E-state index contributed by atoms with van der Waals surface area (Å²) < 4.78 is 0. The first-order valence-corrected chi connectivity index (χ1v) is 6.77. The lowest BCUT2D eigenvalue weighted by Crippen LogP contribution is -2.28. The quantitative estimate of drug-likeness (QED) is 0.728. The van der Waals surface area contributed by atoms with E-state index in [9.17, 15) is 4.79 Å². The number of thioether (sulfide) groups is 1. The average molecular weight is 227 g/mol. The maximum Gasteiger partial charge on any atom is 0.169 e. The van der Waals surface area contributed by atoms with E-state index in [1.165, 1.54) is 18.6 Å². The molecule has 0 radical (unpaired) electrons. The van der Waals surface area contributed by atoms with Crippen molar-refractivity contribution in [2.45, 2.75) is 25.2 Å². The summed E-state index contributed by atoms with van der Waals surface area (Å²) in [7, 11) is 0. The van der Waals surface area contributed by atoms with Gasteiger partial charge in [0.1, 0.15) is 10.7 Å². The zero-order valence-electron chi connectivity index (χ0n) is 8.16. The smallest absolute Gasteiger partial charge is 0.169 e. The van der Waals surface area contributed by atoms with Crippen molar-refractivity contribution in [3.8, 4) is 0 Å². The van der Waals surface area contributed by atoms with E-state index in [1.54, 1.807) is 11.3 Å². The van der Waals surface area contributed by atoms with E-state index < -0.39 is 0 Å². The maximum absolute atomic E-state index is 10.5. The Bertz CT molecular complexity index is 329.